The summed E-state index contributed by atoms with van der Waals surface area (Å²) >= 11 is 3.13. The molecular weight excluding hydrogens is 528 g/mol. The summed E-state index contributed by atoms with van der Waals surface area (Å²) in [5.74, 6) is 1.28. The first-order valence-corrected chi connectivity index (χ1v) is 14.4. The van der Waals surface area contributed by atoms with Crippen molar-refractivity contribution in [2.24, 2.45) is 0 Å². The molecule has 1 aromatic carbocycles. The van der Waals surface area contributed by atoms with Gasteiger partial charge in [0.2, 0.25) is 11.9 Å². The van der Waals surface area contributed by atoms with Crippen LogP contribution in [-0.2, 0) is 11.2 Å². The highest BCUT2D eigenvalue weighted by molar-refractivity contribution is 7.13. The number of hydrogen-bond donors (Lipinski definition) is 2. The molecule has 0 saturated carbocycles. The molecule has 0 atom stereocenters. The minimum absolute atomic E-state index is 0.00198. The average molecular weight is 559 g/mol. The zero-order valence-electron chi connectivity index (χ0n) is 21.9. The van der Waals surface area contributed by atoms with E-state index in [1.54, 1.807) is 17.5 Å². The number of carbonyl (C=O) groups is 1. The quantitative estimate of drug-likeness (QED) is 0.242. The second-order valence-electron chi connectivity index (χ2n) is 9.27. The van der Waals surface area contributed by atoms with Crippen LogP contribution in [0.25, 0.3) is 16.1 Å². The fourth-order valence-electron chi connectivity index (χ4n) is 4.08. The van der Waals surface area contributed by atoms with Crippen LogP contribution in [0, 0.1) is 0 Å². The van der Waals surface area contributed by atoms with Gasteiger partial charge >= 0.3 is 0 Å². The first-order chi connectivity index (χ1) is 19.0. The van der Waals surface area contributed by atoms with Crippen LogP contribution in [0.5, 0.6) is 5.75 Å². The molecule has 3 heterocycles. The molecule has 0 bridgehead atoms. The number of nitrogens with one attached hydrogen (secondary N) is 2. The number of likely N-dealkylation sites (N-methyl/N-ethyl adjacent to an activating group) is 1. The molecule has 1 amide bonds. The lowest BCUT2D eigenvalue weighted by atomic mass is 10.00. The van der Waals surface area contributed by atoms with Gasteiger partial charge < -0.3 is 20.3 Å². The Morgan fingerprint density at radius 3 is 2.90 bits per heavy atom. The van der Waals surface area contributed by atoms with Crippen molar-refractivity contribution in [3.63, 3.8) is 0 Å². The van der Waals surface area contributed by atoms with E-state index in [0.717, 1.165) is 63.2 Å². The number of nitrogens with zero attached hydrogens (tertiary/aromatic N) is 4. The fourth-order valence-corrected chi connectivity index (χ4v) is 5.56. The summed E-state index contributed by atoms with van der Waals surface area (Å²) in [4.78, 5) is 30.5. The zero-order chi connectivity index (χ0) is 27.0. The molecule has 0 saturated heterocycles. The van der Waals surface area contributed by atoms with Crippen LogP contribution < -0.4 is 15.4 Å². The second kappa shape index (κ2) is 12.8. The minimum Gasteiger partial charge on any atom is -0.492 e. The first-order valence-electron chi connectivity index (χ1n) is 12.7. The smallest absolute Gasteiger partial charge is 0.229 e. The van der Waals surface area contributed by atoms with Gasteiger partial charge in [0, 0.05) is 35.1 Å². The van der Waals surface area contributed by atoms with E-state index < -0.39 is 0 Å². The van der Waals surface area contributed by atoms with Gasteiger partial charge in [-0.1, -0.05) is 18.2 Å². The van der Waals surface area contributed by atoms with Crippen molar-refractivity contribution in [2.45, 2.75) is 19.3 Å². The van der Waals surface area contributed by atoms with Crippen LogP contribution in [0.1, 0.15) is 23.4 Å². The van der Waals surface area contributed by atoms with Crippen molar-refractivity contribution in [3.05, 3.63) is 88.0 Å². The predicted molar refractivity (Wildman–Crippen MR) is 158 cm³/mol. The molecule has 1 aliphatic carbocycles. The lowest BCUT2D eigenvalue weighted by Gasteiger charge is -2.15. The van der Waals surface area contributed by atoms with Crippen molar-refractivity contribution in [1.29, 1.82) is 0 Å². The third-order valence-corrected chi connectivity index (χ3v) is 7.67. The van der Waals surface area contributed by atoms with E-state index in [1.165, 1.54) is 11.3 Å². The minimum atomic E-state index is 0.00198. The Bertz CT molecular complexity index is 1480. The number of aromatic nitrogens is 3. The van der Waals surface area contributed by atoms with E-state index in [-0.39, 0.29) is 5.91 Å². The largest absolute Gasteiger partial charge is 0.492 e. The second-order valence-corrected chi connectivity index (χ2v) is 11.2. The fraction of sp³-hybridized carbons (Fsp3) is 0.241. The molecule has 10 heteroatoms. The van der Waals surface area contributed by atoms with Gasteiger partial charge in [-0.2, -0.15) is 0 Å². The molecule has 0 fully saturated rings. The third-order valence-electron chi connectivity index (χ3n) is 5.95. The number of hydrogen-bond acceptors (Lipinski definition) is 9. The van der Waals surface area contributed by atoms with Gasteiger partial charge in [-0.3, -0.25) is 4.79 Å². The number of thiazole rings is 1. The molecule has 1 aliphatic rings. The number of benzene rings is 1. The summed E-state index contributed by atoms with van der Waals surface area (Å²) in [5.41, 5.74) is 6.20. The van der Waals surface area contributed by atoms with Gasteiger partial charge in [-0.25, -0.2) is 15.0 Å². The van der Waals surface area contributed by atoms with Gasteiger partial charge in [0.15, 0.2) is 0 Å². The Labute approximate surface area is 236 Å². The van der Waals surface area contributed by atoms with Crippen LogP contribution in [0.15, 0.2) is 77.4 Å². The molecule has 0 spiro atoms. The van der Waals surface area contributed by atoms with Crippen LogP contribution in [0.4, 0.5) is 11.6 Å². The van der Waals surface area contributed by atoms with Crippen LogP contribution in [0.3, 0.4) is 0 Å². The van der Waals surface area contributed by atoms with E-state index in [4.69, 9.17) is 9.72 Å². The maximum atomic E-state index is 12.5. The van der Waals surface area contributed by atoms with Crippen molar-refractivity contribution in [2.75, 3.05) is 32.6 Å². The van der Waals surface area contributed by atoms with Gasteiger partial charge in [0.25, 0.3) is 0 Å². The Morgan fingerprint density at radius 2 is 2.05 bits per heavy atom. The van der Waals surface area contributed by atoms with Crippen LogP contribution in [-0.4, -0.2) is 53.0 Å². The van der Waals surface area contributed by atoms with Gasteiger partial charge in [0.05, 0.1) is 28.2 Å². The Kier molecular flexibility index (Phi) is 8.77. The van der Waals surface area contributed by atoms with Gasteiger partial charge in [-0.05, 0) is 68.2 Å². The SMILES string of the molecule is CN(C)CCOc1cccc(Nc2nccc(-c3scnc3C3=CCCC(NC(=O)Cc4cccs4)=C3)n2)c1. The maximum Gasteiger partial charge on any atom is 0.229 e. The number of allylic oxidation sites excluding steroid dienone is 4. The van der Waals surface area contributed by atoms with Gasteiger partial charge in [-0.15, -0.1) is 22.7 Å². The normalized spacial score (nSPS) is 13.1. The van der Waals surface area contributed by atoms with Crippen molar-refractivity contribution in [3.8, 4) is 16.3 Å². The van der Waals surface area contributed by atoms with E-state index in [2.05, 4.69) is 31.6 Å². The summed E-state index contributed by atoms with van der Waals surface area (Å²) in [6, 6.07) is 13.6. The van der Waals surface area contributed by atoms with E-state index in [9.17, 15) is 4.79 Å². The molecular formula is C29H30N6O2S2. The molecule has 0 aliphatic heterocycles. The van der Waals surface area contributed by atoms with Crippen molar-refractivity contribution in [1.82, 2.24) is 25.2 Å². The highest BCUT2D eigenvalue weighted by atomic mass is 32.1. The molecule has 4 aromatic rings. The monoisotopic (exact) mass is 558 g/mol. The number of carbonyl (C=O) groups excluding carboxylic acids is 1. The summed E-state index contributed by atoms with van der Waals surface area (Å²) in [7, 11) is 4.04. The molecule has 8 nitrogen and oxygen atoms in total. The zero-order valence-corrected chi connectivity index (χ0v) is 23.5. The first kappa shape index (κ1) is 26.7. The molecule has 0 unspecified atom stereocenters. The number of ether oxygens (including phenoxy) is 1. The van der Waals surface area contributed by atoms with E-state index in [1.807, 2.05) is 73.5 Å². The highest BCUT2D eigenvalue weighted by Crippen LogP contribution is 2.34. The van der Waals surface area contributed by atoms with Crippen LogP contribution >= 0.6 is 22.7 Å². The average Bonchev–Trinajstić information content (AvgIpc) is 3.62. The standard InChI is InChI=1S/C29H30N6O2S2/c1-35(2)13-14-37-23-9-4-8-22(17-23)33-29-30-12-11-25(34-29)28-27(31-19-39-28)20-6-3-7-21(16-20)32-26(36)18-24-10-5-15-38-24/h4-6,8-12,15-17,19H,3,7,13-14,18H2,1-2H3,(H,32,36)(H,30,33,34). The summed E-state index contributed by atoms with van der Waals surface area (Å²) < 4.78 is 5.85. The Balaban J connectivity index is 1.28. The topological polar surface area (TPSA) is 92.3 Å². The third kappa shape index (κ3) is 7.38. The Morgan fingerprint density at radius 1 is 1.13 bits per heavy atom. The maximum absolute atomic E-state index is 12.5. The van der Waals surface area contributed by atoms with E-state index >= 15 is 0 Å². The van der Waals surface area contributed by atoms with Gasteiger partial charge in [0.1, 0.15) is 12.4 Å². The molecule has 3 aromatic heterocycles. The summed E-state index contributed by atoms with van der Waals surface area (Å²) in [6.45, 7) is 1.45. The molecule has 5 rings (SSSR count). The lowest BCUT2D eigenvalue weighted by molar-refractivity contribution is -0.119. The van der Waals surface area contributed by atoms with E-state index in [0.29, 0.717) is 19.0 Å². The van der Waals surface area contributed by atoms with Crippen molar-refractivity contribution >= 4 is 45.8 Å². The molecule has 0 radical (unpaired) electrons. The number of amides is 1. The molecule has 200 valence electrons. The predicted octanol–water partition coefficient (Wildman–Crippen LogP) is 5.77. The molecule has 2 N–H and O–H groups in total. The Hall–Kier alpha value is -3.86. The van der Waals surface area contributed by atoms with Crippen LogP contribution in [0.2, 0.25) is 0 Å². The summed E-state index contributed by atoms with van der Waals surface area (Å²) in [6.07, 6.45) is 7.94. The number of anilines is 2. The van der Waals surface area contributed by atoms with Crippen molar-refractivity contribution < 1.29 is 9.53 Å². The lowest BCUT2D eigenvalue weighted by Crippen LogP contribution is -2.25. The highest BCUT2D eigenvalue weighted by Gasteiger charge is 2.18. The number of thiophene rings is 1. The molecule has 39 heavy (non-hydrogen) atoms. The summed E-state index contributed by atoms with van der Waals surface area (Å²) in [5, 5.41) is 8.36. The number of rotatable bonds is 11.